The Morgan fingerprint density at radius 2 is 1.91 bits per heavy atom. The third-order valence-corrected chi connectivity index (χ3v) is 6.49. The largest absolute Gasteiger partial charge is 0.332 e. The minimum absolute atomic E-state index is 0.103. The lowest BCUT2D eigenvalue weighted by Crippen LogP contribution is -2.40. The molecule has 0 unspecified atom stereocenters. The Labute approximate surface area is 194 Å². The van der Waals surface area contributed by atoms with Crippen LogP contribution in [0.2, 0.25) is 5.02 Å². The summed E-state index contributed by atoms with van der Waals surface area (Å²) in [6, 6.07) is 12.4. The van der Waals surface area contributed by atoms with Gasteiger partial charge in [-0.25, -0.2) is 9.18 Å². The lowest BCUT2D eigenvalue weighted by molar-refractivity contribution is 0.458. The van der Waals surface area contributed by atoms with E-state index < -0.39 is 17.1 Å². The van der Waals surface area contributed by atoms with E-state index in [1.54, 1.807) is 7.05 Å². The molecule has 1 aliphatic heterocycles. The third kappa shape index (κ3) is 3.45. The van der Waals surface area contributed by atoms with E-state index >= 15 is 0 Å². The molecule has 1 atom stereocenters. The van der Waals surface area contributed by atoms with Crippen LogP contribution in [0.5, 0.6) is 0 Å². The number of nitrogens with zero attached hydrogens (tertiary/aromatic N) is 5. The zero-order valence-electron chi connectivity index (χ0n) is 18.5. The summed E-state index contributed by atoms with van der Waals surface area (Å²) in [5, 5.41) is 0.165. The zero-order valence-corrected chi connectivity index (χ0v) is 19.3. The molecule has 0 saturated carbocycles. The van der Waals surface area contributed by atoms with Crippen molar-refractivity contribution in [3.63, 3.8) is 0 Å². The Hall–Kier alpha value is -3.39. The van der Waals surface area contributed by atoms with Gasteiger partial charge in [-0.2, -0.15) is 4.98 Å². The second-order valence-corrected chi connectivity index (χ2v) is 9.09. The summed E-state index contributed by atoms with van der Waals surface area (Å²) in [7, 11) is 1.57. The summed E-state index contributed by atoms with van der Waals surface area (Å²) < 4.78 is 18.7. The number of rotatable bonds is 3. The zero-order chi connectivity index (χ0) is 23.4. The van der Waals surface area contributed by atoms with Gasteiger partial charge in [0, 0.05) is 36.4 Å². The number of aromatic nitrogens is 4. The normalized spacial score (nSPS) is 15.8. The van der Waals surface area contributed by atoms with Crippen LogP contribution >= 0.6 is 11.6 Å². The standard InChI is InChI=1S/C24H23ClFN5O2/c1-14-6-4-7-16(10-14)29-11-15(2)12-30-20-21(27-23(29)30)28(3)24(33)31(22(20)32)13-17-18(25)8-5-9-19(17)26/h4-10,15H,11-13H2,1-3H3/t15-/m1/s1. The first-order valence-electron chi connectivity index (χ1n) is 10.7. The Morgan fingerprint density at radius 1 is 1.15 bits per heavy atom. The fourth-order valence-corrected chi connectivity index (χ4v) is 4.72. The molecule has 9 heteroatoms. The smallest absolute Gasteiger partial charge is 0.312 e. The van der Waals surface area contributed by atoms with Gasteiger partial charge < -0.3 is 9.47 Å². The van der Waals surface area contributed by atoms with Gasteiger partial charge >= 0.3 is 5.69 Å². The summed E-state index contributed by atoms with van der Waals surface area (Å²) >= 11 is 6.17. The van der Waals surface area contributed by atoms with E-state index in [2.05, 4.69) is 17.9 Å². The number of hydrogen-bond acceptors (Lipinski definition) is 4. The molecular weight excluding hydrogens is 445 g/mol. The van der Waals surface area contributed by atoms with Crippen LogP contribution in [0.3, 0.4) is 0 Å². The predicted molar refractivity (Wildman–Crippen MR) is 127 cm³/mol. The van der Waals surface area contributed by atoms with E-state index in [0.717, 1.165) is 22.4 Å². The maximum absolute atomic E-state index is 14.4. The van der Waals surface area contributed by atoms with Crippen molar-refractivity contribution < 1.29 is 4.39 Å². The van der Waals surface area contributed by atoms with Gasteiger partial charge in [0.15, 0.2) is 11.2 Å². The second-order valence-electron chi connectivity index (χ2n) is 8.68. The molecule has 170 valence electrons. The lowest BCUT2D eigenvalue weighted by atomic mass is 10.1. The van der Waals surface area contributed by atoms with E-state index in [9.17, 15) is 14.0 Å². The second kappa shape index (κ2) is 7.88. The number of halogens is 2. The SMILES string of the molecule is Cc1cccc(N2C[C@@H](C)Cn3c2nc2c3c(=O)n(Cc3c(F)cccc3Cl)c(=O)n2C)c1. The highest BCUT2D eigenvalue weighted by atomic mass is 35.5. The molecule has 3 heterocycles. The molecule has 0 aliphatic carbocycles. The minimum Gasteiger partial charge on any atom is -0.312 e. The average molecular weight is 468 g/mol. The van der Waals surface area contributed by atoms with Crippen molar-refractivity contribution in [2.75, 3.05) is 11.4 Å². The van der Waals surface area contributed by atoms with Gasteiger partial charge in [-0.1, -0.05) is 36.7 Å². The number of benzene rings is 2. The molecule has 2 aromatic heterocycles. The topological polar surface area (TPSA) is 65.1 Å². The van der Waals surface area contributed by atoms with Crippen LogP contribution in [0.4, 0.5) is 16.0 Å². The molecule has 4 aromatic rings. The van der Waals surface area contributed by atoms with Gasteiger partial charge in [0.25, 0.3) is 5.56 Å². The maximum atomic E-state index is 14.4. The predicted octanol–water partition coefficient (Wildman–Crippen LogP) is 3.83. The van der Waals surface area contributed by atoms with Gasteiger partial charge in [0.05, 0.1) is 6.54 Å². The van der Waals surface area contributed by atoms with Crippen LogP contribution < -0.4 is 16.1 Å². The fourth-order valence-electron chi connectivity index (χ4n) is 4.50. The van der Waals surface area contributed by atoms with Gasteiger partial charge in [-0.05, 0) is 42.7 Å². The quantitative estimate of drug-likeness (QED) is 0.459. The molecule has 0 bridgehead atoms. The van der Waals surface area contributed by atoms with Crippen LogP contribution in [0.15, 0.2) is 52.1 Å². The Balaban J connectivity index is 1.74. The van der Waals surface area contributed by atoms with E-state index in [0.29, 0.717) is 23.7 Å². The highest BCUT2D eigenvalue weighted by molar-refractivity contribution is 6.31. The van der Waals surface area contributed by atoms with Crippen LogP contribution in [0.1, 0.15) is 18.1 Å². The fraction of sp³-hybridized carbons (Fsp3) is 0.292. The Morgan fingerprint density at radius 3 is 2.64 bits per heavy atom. The van der Waals surface area contributed by atoms with Crippen molar-refractivity contribution in [3.05, 3.63) is 85.3 Å². The molecule has 33 heavy (non-hydrogen) atoms. The number of hydrogen-bond donors (Lipinski definition) is 0. The first-order valence-corrected chi connectivity index (χ1v) is 11.1. The first-order chi connectivity index (χ1) is 15.8. The highest BCUT2D eigenvalue weighted by Gasteiger charge is 2.30. The van der Waals surface area contributed by atoms with Crippen molar-refractivity contribution in [2.45, 2.75) is 26.9 Å². The van der Waals surface area contributed by atoms with Crippen molar-refractivity contribution in [1.82, 2.24) is 18.7 Å². The molecule has 1 aliphatic rings. The number of aryl methyl sites for hydroxylation is 2. The first kappa shape index (κ1) is 21.5. The summed E-state index contributed by atoms with van der Waals surface area (Å²) in [4.78, 5) is 33.5. The molecule has 0 spiro atoms. The monoisotopic (exact) mass is 467 g/mol. The maximum Gasteiger partial charge on any atom is 0.332 e. The molecule has 0 fully saturated rings. The van der Waals surface area contributed by atoms with E-state index in [-0.39, 0.29) is 23.0 Å². The van der Waals surface area contributed by atoms with E-state index in [1.807, 2.05) is 29.7 Å². The van der Waals surface area contributed by atoms with Crippen LogP contribution in [0.25, 0.3) is 11.2 Å². The molecule has 0 saturated heterocycles. The number of anilines is 2. The van der Waals surface area contributed by atoms with Crippen LogP contribution in [-0.2, 0) is 20.1 Å². The molecule has 7 nitrogen and oxygen atoms in total. The minimum atomic E-state index is -0.572. The molecule has 5 rings (SSSR count). The van der Waals surface area contributed by atoms with Crippen molar-refractivity contribution in [1.29, 1.82) is 0 Å². The van der Waals surface area contributed by atoms with Gasteiger partial charge in [-0.3, -0.25) is 13.9 Å². The summed E-state index contributed by atoms with van der Waals surface area (Å²) in [5.74, 6) is 0.287. The molecule has 0 radical (unpaired) electrons. The number of fused-ring (bicyclic) bond motifs is 3. The van der Waals surface area contributed by atoms with E-state index in [4.69, 9.17) is 16.6 Å². The van der Waals surface area contributed by atoms with Crippen molar-refractivity contribution >= 4 is 34.4 Å². The van der Waals surface area contributed by atoms with Crippen LogP contribution in [0, 0.1) is 18.7 Å². The van der Waals surface area contributed by atoms with Crippen molar-refractivity contribution in [3.8, 4) is 0 Å². The van der Waals surface area contributed by atoms with Crippen molar-refractivity contribution in [2.24, 2.45) is 13.0 Å². The van der Waals surface area contributed by atoms with E-state index in [1.165, 1.54) is 22.8 Å². The summed E-state index contributed by atoms with van der Waals surface area (Å²) in [5.41, 5.74) is 1.74. The molecular formula is C24H23ClFN5O2. The Kier molecular flexibility index (Phi) is 5.12. The van der Waals surface area contributed by atoms with Crippen LogP contribution in [-0.4, -0.2) is 25.2 Å². The highest BCUT2D eigenvalue weighted by Crippen LogP contribution is 2.33. The Bertz CT molecular complexity index is 1500. The summed E-state index contributed by atoms with van der Waals surface area (Å²) in [6.07, 6.45) is 0. The molecule has 0 amide bonds. The summed E-state index contributed by atoms with van der Waals surface area (Å²) in [6.45, 7) is 5.19. The molecule has 2 aromatic carbocycles. The third-order valence-electron chi connectivity index (χ3n) is 6.13. The lowest BCUT2D eigenvalue weighted by Gasteiger charge is -2.33. The van der Waals surface area contributed by atoms with Gasteiger partial charge in [0.2, 0.25) is 5.95 Å². The van der Waals surface area contributed by atoms with Gasteiger partial charge in [0.1, 0.15) is 5.82 Å². The number of imidazole rings is 1. The van der Waals surface area contributed by atoms with Gasteiger partial charge in [-0.15, -0.1) is 0 Å². The molecule has 0 N–H and O–H groups in total. The average Bonchev–Trinajstić information content (AvgIpc) is 3.16.